The van der Waals surface area contributed by atoms with E-state index < -0.39 is 18.0 Å². The van der Waals surface area contributed by atoms with Crippen LogP contribution in [-0.4, -0.2) is 23.1 Å². The Kier molecular flexibility index (Phi) is 4.76. The number of amides is 2. The fourth-order valence-electron chi connectivity index (χ4n) is 1.35. The first-order valence-corrected chi connectivity index (χ1v) is 5.34. The molecule has 5 nitrogen and oxygen atoms in total. The fraction of sp³-hybridized carbons (Fsp3) is 0.231. The van der Waals surface area contributed by atoms with Gasteiger partial charge < -0.3 is 15.7 Å². The van der Waals surface area contributed by atoms with E-state index in [4.69, 9.17) is 11.5 Å². The van der Waals surface area contributed by atoms with Crippen LogP contribution >= 0.6 is 0 Å². The van der Waals surface area contributed by atoms with E-state index in [-0.39, 0.29) is 6.42 Å². The summed E-state index contributed by atoms with van der Waals surface area (Å²) in [6, 6.07) is 5.51. The summed E-state index contributed by atoms with van der Waals surface area (Å²) in [6.45, 7) is 1.84. The molecular weight excluding hydrogens is 232 g/mol. The minimum Gasteiger partial charge on any atom is -0.480 e. The average molecular weight is 246 g/mol. The number of benzene rings is 1. The fourth-order valence-corrected chi connectivity index (χ4v) is 1.35. The van der Waals surface area contributed by atoms with Crippen molar-refractivity contribution >= 4 is 17.7 Å². The van der Waals surface area contributed by atoms with E-state index in [1.807, 2.05) is 19.1 Å². The number of terminal acetylenes is 1. The van der Waals surface area contributed by atoms with Gasteiger partial charge in [-0.25, -0.2) is 9.59 Å². The summed E-state index contributed by atoms with van der Waals surface area (Å²) in [6.07, 6.45) is 4.98. The molecule has 1 atom stereocenters. The quantitative estimate of drug-likeness (QED) is 0.706. The molecule has 1 aromatic carbocycles. The first-order chi connectivity index (χ1) is 8.54. The van der Waals surface area contributed by atoms with Crippen molar-refractivity contribution in [1.82, 2.24) is 5.32 Å². The molecule has 2 amide bonds. The monoisotopic (exact) mass is 246 g/mol. The van der Waals surface area contributed by atoms with E-state index in [9.17, 15) is 9.59 Å². The molecule has 1 aromatic rings. The highest BCUT2D eigenvalue weighted by molar-refractivity contribution is 5.92. The van der Waals surface area contributed by atoms with Gasteiger partial charge in [0.1, 0.15) is 6.04 Å². The Bertz CT molecular complexity index is 491. The molecule has 0 heterocycles. The maximum absolute atomic E-state index is 11.6. The Hall–Kier alpha value is -2.48. The number of carboxylic acid groups (broad SMARTS) is 1. The highest BCUT2D eigenvalue weighted by Gasteiger charge is 2.18. The van der Waals surface area contributed by atoms with E-state index in [0.717, 1.165) is 5.56 Å². The Balaban J connectivity index is 2.64. The molecular formula is C13H14N2O3. The van der Waals surface area contributed by atoms with Crippen LogP contribution in [0.4, 0.5) is 10.5 Å². The minimum atomic E-state index is -1.16. The second kappa shape index (κ2) is 6.30. The highest BCUT2D eigenvalue weighted by atomic mass is 16.4. The Morgan fingerprint density at radius 2 is 2.11 bits per heavy atom. The number of carbonyl (C=O) groups is 2. The predicted molar refractivity (Wildman–Crippen MR) is 68.2 cm³/mol. The number of urea groups is 1. The number of hydrogen-bond acceptors (Lipinski definition) is 2. The molecule has 1 rings (SSSR count). The lowest BCUT2D eigenvalue weighted by molar-refractivity contribution is -0.139. The summed E-state index contributed by atoms with van der Waals surface area (Å²) in [5, 5.41) is 13.7. The third-order valence-electron chi connectivity index (χ3n) is 2.32. The van der Waals surface area contributed by atoms with E-state index in [2.05, 4.69) is 16.6 Å². The van der Waals surface area contributed by atoms with Crippen molar-refractivity contribution in [2.24, 2.45) is 0 Å². The van der Waals surface area contributed by atoms with Crippen molar-refractivity contribution in [3.05, 3.63) is 29.8 Å². The van der Waals surface area contributed by atoms with Gasteiger partial charge in [0.05, 0.1) is 0 Å². The van der Waals surface area contributed by atoms with Crippen LogP contribution in [0.2, 0.25) is 0 Å². The smallest absolute Gasteiger partial charge is 0.327 e. The lowest BCUT2D eigenvalue weighted by Gasteiger charge is -2.13. The number of nitrogens with one attached hydrogen (secondary N) is 2. The van der Waals surface area contributed by atoms with Crippen LogP contribution in [-0.2, 0) is 4.79 Å². The van der Waals surface area contributed by atoms with Crippen molar-refractivity contribution in [1.29, 1.82) is 0 Å². The predicted octanol–water partition coefficient (Wildman–Crippen LogP) is 1.59. The van der Waals surface area contributed by atoms with Gasteiger partial charge in [-0.05, 0) is 18.6 Å². The molecule has 0 aliphatic heterocycles. The minimum absolute atomic E-state index is 0.0590. The van der Waals surface area contributed by atoms with E-state index in [0.29, 0.717) is 5.69 Å². The van der Waals surface area contributed by atoms with Gasteiger partial charge in [-0.15, -0.1) is 12.3 Å². The van der Waals surface area contributed by atoms with Gasteiger partial charge in [0.2, 0.25) is 0 Å². The summed E-state index contributed by atoms with van der Waals surface area (Å²) >= 11 is 0. The summed E-state index contributed by atoms with van der Waals surface area (Å²) in [4.78, 5) is 22.4. The summed E-state index contributed by atoms with van der Waals surface area (Å²) < 4.78 is 0. The summed E-state index contributed by atoms with van der Waals surface area (Å²) in [5.74, 6) is 1.05. The van der Waals surface area contributed by atoms with E-state index in [1.165, 1.54) is 0 Å². The second-order valence-electron chi connectivity index (χ2n) is 3.71. The zero-order chi connectivity index (χ0) is 13.5. The Morgan fingerprint density at radius 3 is 2.67 bits per heavy atom. The van der Waals surface area contributed by atoms with Crippen LogP contribution < -0.4 is 10.6 Å². The number of aliphatic carboxylic acids is 1. The van der Waals surface area contributed by atoms with Gasteiger partial charge in [-0.2, -0.15) is 0 Å². The molecule has 3 N–H and O–H groups in total. The maximum Gasteiger partial charge on any atom is 0.327 e. The van der Waals surface area contributed by atoms with E-state index >= 15 is 0 Å². The number of para-hydroxylation sites is 1. The molecule has 0 radical (unpaired) electrons. The first-order valence-electron chi connectivity index (χ1n) is 5.34. The van der Waals surface area contributed by atoms with Gasteiger partial charge >= 0.3 is 12.0 Å². The standard InChI is InChI=1S/C13H14N2O3/c1-3-6-11(12(16)17)15-13(18)14-10-8-5-4-7-9(10)2/h1,4-5,7-8,11H,6H2,2H3,(H,16,17)(H2,14,15,18). The number of rotatable bonds is 4. The largest absolute Gasteiger partial charge is 0.480 e. The molecule has 18 heavy (non-hydrogen) atoms. The van der Waals surface area contributed by atoms with Crippen LogP contribution in [0.25, 0.3) is 0 Å². The van der Waals surface area contributed by atoms with Gasteiger partial charge in [0.25, 0.3) is 0 Å². The van der Waals surface area contributed by atoms with Crippen molar-refractivity contribution in [3.63, 3.8) is 0 Å². The summed E-state index contributed by atoms with van der Waals surface area (Å²) in [5.41, 5.74) is 1.51. The van der Waals surface area contributed by atoms with Crippen LogP contribution in [0, 0.1) is 19.3 Å². The third-order valence-corrected chi connectivity index (χ3v) is 2.32. The number of anilines is 1. The molecule has 0 saturated carbocycles. The lowest BCUT2D eigenvalue weighted by atomic mass is 10.2. The molecule has 0 fully saturated rings. The molecule has 0 aliphatic carbocycles. The normalized spacial score (nSPS) is 11.1. The molecule has 1 unspecified atom stereocenters. The second-order valence-corrected chi connectivity index (χ2v) is 3.71. The lowest BCUT2D eigenvalue weighted by Crippen LogP contribution is -2.42. The van der Waals surface area contributed by atoms with Gasteiger partial charge in [-0.3, -0.25) is 0 Å². The molecule has 0 saturated heterocycles. The maximum atomic E-state index is 11.6. The topological polar surface area (TPSA) is 78.4 Å². The molecule has 0 aromatic heterocycles. The van der Waals surface area contributed by atoms with Crippen LogP contribution in [0.15, 0.2) is 24.3 Å². The summed E-state index contributed by atoms with van der Waals surface area (Å²) in [7, 11) is 0. The Morgan fingerprint density at radius 1 is 1.44 bits per heavy atom. The number of hydrogen-bond donors (Lipinski definition) is 3. The third kappa shape index (κ3) is 3.83. The van der Waals surface area contributed by atoms with Crippen molar-refractivity contribution in [2.45, 2.75) is 19.4 Å². The van der Waals surface area contributed by atoms with Gasteiger partial charge in [-0.1, -0.05) is 18.2 Å². The molecule has 0 spiro atoms. The number of carbonyl (C=O) groups excluding carboxylic acids is 1. The highest BCUT2D eigenvalue weighted by Crippen LogP contribution is 2.12. The van der Waals surface area contributed by atoms with Gasteiger partial charge in [0.15, 0.2) is 0 Å². The number of carboxylic acids is 1. The van der Waals surface area contributed by atoms with Gasteiger partial charge in [0, 0.05) is 12.1 Å². The number of aryl methyl sites for hydroxylation is 1. The molecule has 5 heteroatoms. The zero-order valence-corrected chi connectivity index (χ0v) is 9.93. The average Bonchev–Trinajstić information content (AvgIpc) is 2.31. The van der Waals surface area contributed by atoms with Crippen LogP contribution in [0.1, 0.15) is 12.0 Å². The molecule has 0 aliphatic rings. The van der Waals surface area contributed by atoms with Crippen LogP contribution in [0.3, 0.4) is 0 Å². The van der Waals surface area contributed by atoms with Crippen molar-refractivity contribution < 1.29 is 14.7 Å². The van der Waals surface area contributed by atoms with E-state index in [1.54, 1.807) is 12.1 Å². The van der Waals surface area contributed by atoms with Crippen molar-refractivity contribution in [2.75, 3.05) is 5.32 Å². The Labute approximate surface area is 105 Å². The zero-order valence-electron chi connectivity index (χ0n) is 9.93. The van der Waals surface area contributed by atoms with Crippen LogP contribution in [0.5, 0.6) is 0 Å². The SMILES string of the molecule is C#CCC(NC(=O)Nc1ccccc1C)C(=O)O. The molecule has 0 bridgehead atoms. The first kappa shape index (κ1) is 13.6. The molecule has 94 valence electrons. The van der Waals surface area contributed by atoms with Crippen molar-refractivity contribution in [3.8, 4) is 12.3 Å².